The van der Waals surface area contributed by atoms with Gasteiger partial charge in [0, 0.05) is 23.9 Å². The van der Waals surface area contributed by atoms with Gasteiger partial charge in [0.2, 0.25) is 0 Å². The Hall–Kier alpha value is -3.82. The van der Waals surface area contributed by atoms with Crippen LogP contribution in [-0.4, -0.2) is 37.6 Å². The van der Waals surface area contributed by atoms with Crippen molar-refractivity contribution in [1.82, 2.24) is 20.2 Å². The van der Waals surface area contributed by atoms with Crippen molar-refractivity contribution in [2.45, 2.75) is 0 Å². The Morgan fingerprint density at radius 1 is 1.24 bits per heavy atom. The molecule has 3 aromatic rings. The van der Waals surface area contributed by atoms with Crippen molar-refractivity contribution in [3.8, 4) is 11.4 Å². The van der Waals surface area contributed by atoms with E-state index in [1.54, 1.807) is 30.3 Å². The van der Waals surface area contributed by atoms with Gasteiger partial charge in [0.05, 0.1) is 10.6 Å². The molecule has 10 nitrogen and oxygen atoms in total. The van der Waals surface area contributed by atoms with Crippen LogP contribution in [0.4, 0.5) is 11.4 Å². The molecule has 1 N–H and O–H groups in total. The highest BCUT2D eigenvalue weighted by Gasteiger charge is 2.09. The molecule has 25 heavy (non-hydrogen) atoms. The molecule has 1 amide bonds. The fourth-order valence-corrected chi connectivity index (χ4v) is 2.04. The smallest absolute Gasteiger partial charge is 0.271 e. The van der Waals surface area contributed by atoms with Gasteiger partial charge in [-0.25, -0.2) is 4.68 Å². The van der Waals surface area contributed by atoms with Gasteiger partial charge >= 0.3 is 0 Å². The molecule has 126 valence electrons. The highest BCUT2D eigenvalue weighted by Crippen LogP contribution is 2.18. The molecule has 0 aliphatic heterocycles. The molecular weight excluding hydrogens is 328 g/mol. The summed E-state index contributed by atoms with van der Waals surface area (Å²) >= 11 is 0. The molecule has 3 rings (SSSR count). The number of anilines is 1. The lowest BCUT2D eigenvalue weighted by Gasteiger charge is -2.08. The van der Waals surface area contributed by atoms with Gasteiger partial charge in [0.25, 0.3) is 11.6 Å². The van der Waals surface area contributed by atoms with Crippen LogP contribution in [0.15, 0.2) is 54.9 Å². The fourth-order valence-electron chi connectivity index (χ4n) is 2.04. The predicted molar refractivity (Wildman–Crippen MR) is 86.4 cm³/mol. The number of carbonyl (C=O) groups excluding carboxylic acids is 1. The van der Waals surface area contributed by atoms with Gasteiger partial charge in [-0.3, -0.25) is 14.9 Å². The van der Waals surface area contributed by atoms with Gasteiger partial charge in [-0.15, -0.1) is 5.10 Å². The summed E-state index contributed by atoms with van der Waals surface area (Å²) in [7, 11) is 0. The first-order chi connectivity index (χ1) is 12.1. The summed E-state index contributed by atoms with van der Waals surface area (Å²) < 4.78 is 6.88. The zero-order valence-corrected chi connectivity index (χ0v) is 12.8. The summed E-state index contributed by atoms with van der Waals surface area (Å²) in [6.07, 6.45) is 1.44. The molecule has 0 aliphatic carbocycles. The van der Waals surface area contributed by atoms with Crippen LogP contribution in [0, 0.1) is 10.1 Å². The van der Waals surface area contributed by atoms with Gasteiger partial charge in [0.15, 0.2) is 6.61 Å². The molecule has 0 bridgehead atoms. The maximum absolute atomic E-state index is 11.9. The number of nitrogens with one attached hydrogen (secondary N) is 1. The van der Waals surface area contributed by atoms with Crippen LogP contribution < -0.4 is 10.1 Å². The number of nitrogens with zero attached hydrogens (tertiary/aromatic N) is 5. The van der Waals surface area contributed by atoms with Gasteiger partial charge < -0.3 is 10.1 Å². The van der Waals surface area contributed by atoms with Crippen molar-refractivity contribution >= 4 is 17.3 Å². The molecule has 0 radical (unpaired) electrons. The van der Waals surface area contributed by atoms with Crippen molar-refractivity contribution < 1.29 is 14.5 Å². The van der Waals surface area contributed by atoms with E-state index in [1.807, 2.05) is 0 Å². The molecule has 0 aliphatic rings. The largest absolute Gasteiger partial charge is 0.484 e. The molecule has 1 aromatic heterocycles. The zero-order chi connectivity index (χ0) is 17.6. The Balaban J connectivity index is 1.60. The third-order valence-corrected chi connectivity index (χ3v) is 3.14. The molecule has 0 atom stereocenters. The zero-order valence-electron chi connectivity index (χ0n) is 12.8. The normalized spacial score (nSPS) is 10.2. The van der Waals surface area contributed by atoms with E-state index in [4.69, 9.17) is 4.74 Å². The fraction of sp³-hybridized carbons (Fsp3) is 0.0667. The van der Waals surface area contributed by atoms with Crippen molar-refractivity contribution in [2.24, 2.45) is 0 Å². The Kier molecular flexibility index (Phi) is 4.60. The second-order valence-corrected chi connectivity index (χ2v) is 4.90. The number of amides is 1. The molecule has 0 fully saturated rings. The van der Waals surface area contributed by atoms with Crippen LogP contribution in [0.1, 0.15) is 0 Å². The second-order valence-electron chi connectivity index (χ2n) is 4.90. The third-order valence-electron chi connectivity index (χ3n) is 3.14. The Morgan fingerprint density at radius 2 is 2.08 bits per heavy atom. The molecule has 2 aromatic carbocycles. The van der Waals surface area contributed by atoms with E-state index in [9.17, 15) is 14.9 Å². The maximum atomic E-state index is 11.9. The van der Waals surface area contributed by atoms with Crippen LogP contribution in [0.2, 0.25) is 0 Å². The quantitative estimate of drug-likeness (QED) is 0.533. The number of nitro benzene ring substituents is 1. The van der Waals surface area contributed by atoms with Gasteiger partial charge in [-0.2, -0.15) is 0 Å². The first kappa shape index (κ1) is 16.1. The van der Waals surface area contributed by atoms with E-state index >= 15 is 0 Å². The lowest BCUT2D eigenvalue weighted by molar-refractivity contribution is -0.384. The van der Waals surface area contributed by atoms with Crippen molar-refractivity contribution in [1.29, 1.82) is 0 Å². The lowest BCUT2D eigenvalue weighted by atomic mass is 10.3. The number of hydrogen-bond acceptors (Lipinski definition) is 7. The molecule has 0 saturated heterocycles. The van der Waals surface area contributed by atoms with E-state index in [2.05, 4.69) is 20.8 Å². The maximum Gasteiger partial charge on any atom is 0.271 e. The van der Waals surface area contributed by atoms with Gasteiger partial charge in [0.1, 0.15) is 12.1 Å². The minimum absolute atomic E-state index is 0.104. The molecule has 10 heteroatoms. The number of ether oxygens (including phenoxy) is 1. The summed E-state index contributed by atoms with van der Waals surface area (Å²) in [5.41, 5.74) is 0.902. The second kappa shape index (κ2) is 7.17. The van der Waals surface area contributed by atoms with Crippen LogP contribution in [0.25, 0.3) is 5.69 Å². The summed E-state index contributed by atoms with van der Waals surface area (Å²) in [5.74, 6) is 0.0236. The third kappa shape index (κ3) is 4.13. The minimum Gasteiger partial charge on any atom is -0.484 e. The Bertz CT molecular complexity index is 897. The van der Waals surface area contributed by atoms with Crippen LogP contribution in [-0.2, 0) is 4.79 Å². The van der Waals surface area contributed by atoms with E-state index in [-0.39, 0.29) is 12.3 Å². The minimum atomic E-state index is -0.531. The number of carbonyl (C=O) groups is 1. The summed E-state index contributed by atoms with van der Waals surface area (Å²) in [6.45, 7) is -0.248. The number of nitro groups is 1. The monoisotopic (exact) mass is 340 g/mol. The van der Waals surface area contributed by atoms with Gasteiger partial charge in [-0.1, -0.05) is 12.1 Å². The molecule has 0 spiro atoms. The van der Waals surface area contributed by atoms with E-state index in [0.717, 1.165) is 0 Å². The number of benzene rings is 2. The number of tetrazole rings is 1. The van der Waals surface area contributed by atoms with E-state index in [1.165, 1.54) is 29.2 Å². The highest BCUT2D eigenvalue weighted by molar-refractivity contribution is 5.92. The Labute approximate surface area is 141 Å². The number of rotatable bonds is 6. The summed E-state index contributed by atoms with van der Waals surface area (Å²) in [4.78, 5) is 22.1. The van der Waals surface area contributed by atoms with Crippen molar-refractivity contribution in [3.05, 3.63) is 65.0 Å². The molecule has 0 unspecified atom stereocenters. The van der Waals surface area contributed by atoms with E-state index < -0.39 is 10.8 Å². The average molecular weight is 340 g/mol. The van der Waals surface area contributed by atoms with Crippen LogP contribution >= 0.6 is 0 Å². The standard InChI is InChI=1S/C15H12N6O4/c22-15(17-11-3-1-5-13(7-11)21(23)24)9-25-14-6-2-4-12(8-14)20-10-16-18-19-20/h1-8,10H,9H2,(H,17,22). The SMILES string of the molecule is O=C(COc1cccc(-n2cnnn2)c1)Nc1cccc([N+](=O)[O-])c1. The van der Waals surface area contributed by atoms with Crippen molar-refractivity contribution in [2.75, 3.05) is 11.9 Å². The first-order valence-corrected chi connectivity index (χ1v) is 7.12. The van der Waals surface area contributed by atoms with Crippen LogP contribution in [0.5, 0.6) is 5.75 Å². The topological polar surface area (TPSA) is 125 Å². The number of hydrogen-bond donors (Lipinski definition) is 1. The number of non-ortho nitro benzene ring substituents is 1. The summed E-state index contributed by atoms with van der Waals surface area (Å²) in [5, 5.41) is 24.1. The van der Waals surface area contributed by atoms with E-state index in [0.29, 0.717) is 17.1 Å². The van der Waals surface area contributed by atoms with Crippen molar-refractivity contribution in [3.63, 3.8) is 0 Å². The van der Waals surface area contributed by atoms with Gasteiger partial charge in [-0.05, 0) is 28.6 Å². The molecular formula is C15H12N6O4. The number of aromatic nitrogens is 4. The predicted octanol–water partition coefficient (Wildman–Crippen LogP) is 1.59. The average Bonchev–Trinajstić information content (AvgIpc) is 3.15. The molecule has 1 heterocycles. The first-order valence-electron chi connectivity index (χ1n) is 7.12. The summed E-state index contributed by atoms with van der Waals surface area (Å²) in [6, 6.07) is 12.6. The Morgan fingerprint density at radius 3 is 2.84 bits per heavy atom. The molecule has 0 saturated carbocycles. The lowest BCUT2D eigenvalue weighted by Crippen LogP contribution is -2.20. The van der Waals surface area contributed by atoms with Crippen LogP contribution in [0.3, 0.4) is 0 Å². The highest BCUT2D eigenvalue weighted by atomic mass is 16.6.